The number of anilines is 1. The molecule has 1 aromatic rings. The lowest BCUT2D eigenvalue weighted by Crippen LogP contribution is -2.54. The number of likely N-dealkylation sites (tertiary alicyclic amines) is 1. The zero-order valence-electron chi connectivity index (χ0n) is 18.3. The number of carbonyl (C=O) groups excluding carboxylic acids is 1. The summed E-state index contributed by atoms with van der Waals surface area (Å²) in [5.41, 5.74) is 7.85. The minimum absolute atomic E-state index is 0.0471. The highest BCUT2D eigenvalue weighted by Gasteiger charge is 2.32. The van der Waals surface area contributed by atoms with Gasteiger partial charge in [0.05, 0.1) is 41.1 Å². The number of benzene rings is 1. The van der Waals surface area contributed by atoms with E-state index in [1.165, 1.54) is 25.7 Å². The Bertz CT molecular complexity index is 785. The summed E-state index contributed by atoms with van der Waals surface area (Å²) in [7, 11) is 1.71. The first-order chi connectivity index (χ1) is 15.1. The second-order valence-electron chi connectivity index (χ2n) is 8.80. The third-order valence-corrected chi connectivity index (χ3v) is 7.06. The standard InChI is InChI=1S/C23H34ClN3O4/c1-29-20-14-27(9-3-2-5-15-6-4-11-30-15)10-7-19(20)26-23(28)17-13-18(24)21(25)16-8-12-31-22(16)17/h13,15,19-20H,2-12,14,25H2,1H3,(H,26,28)/t15?,19-,20+/m0/s1. The molecule has 172 valence electrons. The topological polar surface area (TPSA) is 86.1 Å². The molecule has 0 aliphatic carbocycles. The molecule has 1 amide bonds. The number of rotatable bonds is 8. The summed E-state index contributed by atoms with van der Waals surface area (Å²) in [6.45, 7) is 4.27. The molecule has 8 heteroatoms. The first-order valence-electron chi connectivity index (χ1n) is 11.5. The highest BCUT2D eigenvalue weighted by molar-refractivity contribution is 6.33. The number of methoxy groups -OCH3 is 1. The number of unbranched alkanes of at least 4 members (excludes halogenated alkanes) is 1. The largest absolute Gasteiger partial charge is 0.492 e. The molecule has 0 spiro atoms. The lowest BCUT2D eigenvalue weighted by atomic mass is 9.99. The van der Waals surface area contributed by atoms with Crippen LogP contribution in [0.1, 0.15) is 54.4 Å². The predicted molar refractivity (Wildman–Crippen MR) is 121 cm³/mol. The van der Waals surface area contributed by atoms with Crippen LogP contribution in [0.15, 0.2) is 6.07 Å². The number of amides is 1. The number of halogens is 1. The Morgan fingerprint density at radius 3 is 3.00 bits per heavy atom. The van der Waals surface area contributed by atoms with Crippen LogP contribution in [0, 0.1) is 0 Å². The van der Waals surface area contributed by atoms with Crippen LogP contribution in [0.25, 0.3) is 0 Å². The molecule has 1 unspecified atom stereocenters. The second-order valence-corrected chi connectivity index (χ2v) is 9.21. The summed E-state index contributed by atoms with van der Waals surface area (Å²) >= 11 is 6.26. The number of hydrogen-bond donors (Lipinski definition) is 2. The number of hydrogen-bond acceptors (Lipinski definition) is 6. The van der Waals surface area contributed by atoms with Gasteiger partial charge in [-0.2, -0.15) is 0 Å². The van der Waals surface area contributed by atoms with Gasteiger partial charge in [0.1, 0.15) is 5.75 Å². The van der Waals surface area contributed by atoms with Crippen LogP contribution >= 0.6 is 11.6 Å². The highest BCUT2D eigenvalue weighted by atomic mass is 35.5. The minimum Gasteiger partial charge on any atom is -0.492 e. The van der Waals surface area contributed by atoms with Crippen LogP contribution < -0.4 is 15.8 Å². The van der Waals surface area contributed by atoms with Crippen LogP contribution in [-0.4, -0.2) is 69.0 Å². The van der Waals surface area contributed by atoms with Crippen molar-refractivity contribution in [2.75, 3.05) is 45.7 Å². The Hall–Kier alpha value is -1.54. The molecule has 3 aliphatic rings. The van der Waals surface area contributed by atoms with Crippen LogP contribution in [0.5, 0.6) is 5.75 Å². The Morgan fingerprint density at radius 1 is 1.35 bits per heavy atom. The molecule has 1 aromatic carbocycles. The van der Waals surface area contributed by atoms with E-state index in [1.807, 2.05) is 0 Å². The summed E-state index contributed by atoms with van der Waals surface area (Å²) in [5.74, 6) is 0.383. The Kier molecular flexibility index (Phi) is 7.59. The Balaban J connectivity index is 1.29. The molecule has 0 saturated carbocycles. The number of piperidine rings is 1. The van der Waals surface area contributed by atoms with E-state index in [4.69, 9.17) is 31.5 Å². The smallest absolute Gasteiger partial charge is 0.255 e. The lowest BCUT2D eigenvalue weighted by Gasteiger charge is -2.38. The molecular weight excluding hydrogens is 418 g/mol. The van der Waals surface area contributed by atoms with Gasteiger partial charge in [-0.05, 0) is 51.1 Å². The fourth-order valence-electron chi connectivity index (χ4n) is 4.95. The number of ether oxygens (including phenoxy) is 3. The first kappa shape index (κ1) is 22.6. The number of nitrogens with one attached hydrogen (secondary N) is 1. The summed E-state index contributed by atoms with van der Waals surface area (Å²) < 4.78 is 17.1. The van der Waals surface area contributed by atoms with Gasteiger partial charge >= 0.3 is 0 Å². The maximum absolute atomic E-state index is 13.0. The minimum atomic E-state index is -0.183. The molecule has 3 aliphatic heterocycles. The van der Waals surface area contributed by atoms with Crippen molar-refractivity contribution in [3.63, 3.8) is 0 Å². The van der Waals surface area contributed by atoms with Gasteiger partial charge in [0.15, 0.2) is 0 Å². The monoisotopic (exact) mass is 451 g/mol. The van der Waals surface area contributed by atoms with Crippen molar-refractivity contribution in [3.05, 3.63) is 22.2 Å². The summed E-state index contributed by atoms with van der Waals surface area (Å²) in [4.78, 5) is 15.5. The molecule has 3 atom stereocenters. The first-order valence-corrected chi connectivity index (χ1v) is 11.9. The van der Waals surface area contributed by atoms with Crippen LogP contribution in [0.2, 0.25) is 5.02 Å². The Labute approximate surface area is 189 Å². The number of nitrogens with zero attached hydrogens (tertiary/aromatic N) is 1. The quantitative estimate of drug-likeness (QED) is 0.466. The van der Waals surface area contributed by atoms with Crippen molar-refractivity contribution in [3.8, 4) is 5.75 Å². The van der Waals surface area contributed by atoms with Gasteiger partial charge < -0.3 is 30.2 Å². The van der Waals surface area contributed by atoms with Crippen LogP contribution in [0.3, 0.4) is 0 Å². The molecule has 2 saturated heterocycles. The van der Waals surface area contributed by atoms with Crippen LogP contribution in [0.4, 0.5) is 5.69 Å². The predicted octanol–water partition coefficient (Wildman–Crippen LogP) is 3.03. The highest BCUT2D eigenvalue weighted by Crippen LogP contribution is 2.38. The number of fused-ring (bicyclic) bond motifs is 1. The summed E-state index contributed by atoms with van der Waals surface area (Å²) in [6.07, 6.45) is 7.89. The van der Waals surface area contributed by atoms with Crippen molar-refractivity contribution in [1.29, 1.82) is 0 Å². The molecular formula is C23H34ClN3O4. The molecule has 4 rings (SSSR count). The number of nitrogen functional groups attached to an aromatic ring is 1. The van der Waals surface area contributed by atoms with E-state index >= 15 is 0 Å². The third-order valence-electron chi connectivity index (χ3n) is 6.75. The van der Waals surface area contributed by atoms with Gasteiger partial charge in [0.2, 0.25) is 0 Å². The van der Waals surface area contributed by atoms with Gasteiger partial charge in [-0.15, -0.1) is 0 Å². The van der Waals surface area contributed by atoms with Gasteiger partial charge in [0, 0.05) is 38.8 Å². The van der Waals surface area contributed by atoms with Gasteiger partial charge in [0.25, 0.3) is 5.91 Å². The fourth-order valence-corrected chi connectivity index (χ4v) is 5.17. The van der Waals surface area contributed by atoms with Crippen LogP contribution in [-0.2, 0) is 15.9 Å². The second kappa shape index (κ2) is 10.4. The van der Waals surface area contributed by atoms with E-state index in [9.17, 15) is 4.79 Å². The van der Waals surface area contributed by atoms with E-state index in [0.29, 0.717) is 41.2 Å². The van der Waals surface area contributed by atoms with E-state index < -0.39 is 0 Å². The van der Waals surface area contributed by atoms with Crippen molar-refractivity contribution in [2.24, 2.45) is 0 Å². The van der Waals surface area contributed by atoms with Crippen molar-refractivity contribution < 1.29 is 19.0 Å². The van der Waals surface area contributed by atoms with E-state index in [2.05, 4.69) is 10.2 Å². The van der Waals surface area contributed by atoms with E-state index in [-0.39, 0.29) is 18.1 Å². The molecule has 31 heavy (non-hydrogen) atoms. The van der Waals surface area contributed by atoms with Crippen molar-refractivity contribution in [1.82, 2.24) is 10.2 Å². The Morgan fingerprint density at radius 2 is 2.23 bits per heavy atom. The zero-order valence-corrected chi connectivity index (χ0v) is 19.1. The average molecular weight is 452 g/mol. The molecule has 0 bridgehead atoms. The molecule has 0 aromatic heterocycles. The van der Waals surface area contributed by atoms with Crippen molar-refractivity contribution >= 4 is 23.2 Å². The molecule has 3 N–H and O–H groups in total. The van der Waals surface area contributed by atoms with Gasteiger partial charge in [-0.1, -0.05) is 11.6 Å². The molecule has 2 fully saturated rings. The maximum atomic E-state index is 13.0. The van der Waals surface area contributed by atoms with Gasteiger partial charge in [-0.3, -0.25) is 4.79 Å². The van der Waals surface area contributed by atoms with E-state index in [0.717, 1.165) is 44.6 Å². The maximum Gasteiger partial charge on any atom is 0.255 e. The normalized spacial score (nSPS) is 25.9. The molecule has 0 radical (unpaired) electrons. The van der Waals surface area contributed by atoms with Gasteiger partial charge in [-0.25, -0.2) is 0 Å². The summed E-state index contributed by atoms with van der Waals surface area (Å²) in [5, 5.41) is 3.55. The number of carbonyl (C=O) groups is 1. The summed E-state index contributed by atoms with van der Waals surface area (Å²) in [6, 6.07) is 1.57. The van der Waals surface area contributed by atoms with Crippen molar-refractivity contribution in [2.45, 2.75) is 63.2 Å². The third kappa shape index (κ3) is 5.28. The number of nitrogens with two attached hydrogens (primary N) is 1. The zero-order chi connectivity index (χ0) is 21.8. The molecule has 7 nitrogen and oxygen atoms in total. The molecule has 3 heterocycles. The SMILES string of the molecule is CO[C@@H]1CN(CCCCC2CCCO2)CC[C@@H]1NC(=O)c1cc(Cl)c(N)c2c1OCC2. The lowest BCUT2D eigenvalue weighted by molar-refractivity contribution is 0.00563. The fraction of sp³-hybridized carbons (Fsp3) is 0.696. The van der Waals surface area contributed by atoms with E-state index in [1.54, 1.807) is 13.2 Å². The average Bonchev–Trinajstić information content (AvgIpc) is 3.47.